The maximum atomic E-state index is 12.7. The van der Waals surface area contributed by atoms with Gasteiger partial charge in [-0.15, -0.1) is 11.8 Å². The lowest BCUT2D eigenvalue weighted by Crippen LogP contribution is -2.49. The summed E-state index contributed by atoms with van der Waals surface area (Å²) in [7, 11) is 1.43. The number of benzene rings is 2. The quantitative estimate of drug-likeness (QED) is 0.582. The molecule has 142 valence electrons. The Labute approximate surface area is 164 Å². The molecule has 1 heterocycles. The second kappa shape index (κ2) is 8.61. The Bertz CT molecular complexity index is 798. The van der Waals surface area contributed by atoms with Gasteiger partial charge >= 0.3 is 5.97 Å². The number of rotatable bonds is 5. The van der Waals surface area contributed by atoms with E-state index < -0.39 is 5.41 Å². The highest BCUT2D eigenvalue weighted by atomic mass is 32.2. The van der Waals surface area contributed by atoms with Crippen molar-refractivity contribution < 1.29 is 14.3 Å². The minimum atomic E-state index is -0.657. The molecule has 0 aliphatic carbocycles. The van der Waals surface area contributed by atoms with E-state index >= 15 is 0 Å². The number of likely N-dealkylation sites (tertiary alicyclic amines) is 1. The smallest absolute Gasteiger partial charge is 0.316 e. The van der Waals surface area contributed by atoms with Gasteiger partial charge in [-0.25, -0.2) is 0 Å². The van der Waals surface area contributed by atoms with E-state index in [9.17, 15) is 9.59 Å². The summed E-state index contributed by atoms with van der Waals surface area (Å²) in [5.74, 6) is 0.325. The van der Waals surface area contributed by atoms with Gasteiger partial charge in [0.05, 0.1) is 18.3 Å². The molecule has 2 aromatic carbocycles. The first-order valence-corrected chi connectivity index (χ1v) is 10.2. The van der Waals surface area contributed by atoms with E-state index in [0.717, 1.165) is 10.5 Å². The third-order valence-corrected chi connectivity index (χ3v) is 6.48. The fourth-order valence-corrected chi connectivity index (χ4v) is 4.58. The first-order valence-electron chi connectivity index (χ1n) is 9.17. The molecule has 5 heteroatoms. The standard InChI is InChI=1S/C22H25NO3S/c1-17-8-6-7-11-19(17)27-16-20(24)23-14-12-22(13-15-23,21(25)26-2)18-9-4-3-5-10-18/h3-11H,12-16H2,1-2H3. The number of hydrogen-bond donors (Lipinski definition) is 0. The van der Waals surface area contributed by atoms with E-state index in [1.807, 2.05) is 53.4 Å². The molecule has 0 N–H and O–H groups in total. The summed E-state index contributed by atoms with van der Waals surface area (Å²) in [6, 6.07) is 17.9. The molecular formula is C22H25NO3S. The van der Waals surface area contributed by atoms with Crippen LogP contribution >= 0.6 is 11.8 Å². The summed E-state index contributed by atoms with van der Waals surface area (Å²) in [6.45, 7) is 3.19. The van der Waals surface area contributed by atoms with E-state index in [4.69, 9.17) is 4.74 Å². The van der Waals surface area contributed by atoms with Gasteiger partial charge in [0.15, 0.2) is 0 Å². The lowest BCUT2D eigenvalue weighted by atomic mass is 9.72. The Morgan fingerprint density at radius 1 is 1.04 bits per heavy atom. The Balaban J connectivity index is 1.65. The third-order valence-electron chi connectivity index (χ3n) is 5.32. The number of piperidine rings is 1. The van der Waals surface area contributed by atoms with E-state index in [-0.39, 0.29) is 11.9 Å². The SMILES string of the molecule is COC(=O)C1(c2ccccc2)CCN(C(=O)CSc2ccccc2C)CC1. The molecular weight excluding hydrogens is 358 g/mol. The highest BCUT2D eigenvalue weighted by molar-refractivity contribution is 8.00. The van der Waals surface area contributed by atoms with Crippen LogP contribution in [0.1, 0.15) is 24.0 Å². The zero-order chi connectivity index (χ0) is 19.3. The summed E-state index contributed by atoms with van der Waals surface area (Å²) in [4.78, 5) is 28.2. The number of thioether (sulfide) groups is 1. The Morgan fingerprint density at radius 3 is 2.30 bits per heavy atom. The van der Waals surface area contributed by atoms with Crippen LogP contribution in [0.5, 0.6) is 0 Å². The van der Waals surface area contributed by atoms with Gasteiger partial charge in [-0.2, -0.15) is 0 Å². The van der Waals surface area contributed by atoms with Crippen molar-refractivity contribution in [1.29, 1.82) is 0 Å². The van der Waals surface area contributed by atoms with Crippen LogP contribution in [0.25, 0.3) is 0 Å². The number of methoxy groups -OCH3 is 1. The van der Waals surface area contributed by atoms with Crippen molar-refractivity contribution in [2.45, 2.75) is 30.1 Å². The second-order valence-electron chi connectivity index (χ2n) is 6.87. The number of carbonyl (C=O) groups excluding carboxylic acids is 2. The topological polar surface area (TPSA) is 46.6 Å². The summed E-state index contributed by atoms with van der Waals surface area (Å²) >= 11 is 1.57. The van der Waals surface area contributed by atoms with Gasteiger partial charge in [-0.1, -0.05) is 48.5 Å². The van der Waals surface area contributed by atoms with Crippen molar-refractivity contribution in [1.82, 2.24) is 4.90 Å². The summed E-state index contributed by atoms with van der Waals surface area (Å²) in [5, 5.41) is 0. The van der Waals surface area contributed by atoms with Gasteiger partial charge in [0.2, 0.25) is 5.91 Å². The third kappa shape index (κ3) is 4.19. The summed E-state index contributed by atoms with van der Waals surface area (Å²) in [5.41, 5.74) is 1.50. The largest absolute Gasteiger partial charge is 0.468 e. The second-order valence-corrected chi connectivity index (χ2v) is 7.89. The zero-order valence-corrected chi connectivity index (χ0v) is 16.6. The van der Waals surface area contributed by atoms with Crippen LogP contribution in [-0.2, 0) is 19.7 Å². The number of aryl methyl sites for hydroxylation is 1. The Morgan fingerprint density at radius 2 is 1.67 bits per heavy atom. The number of esters is 1. The van der Waals surface area contributed by atoms with Gasteiger partial charge in [0, 0.05) is 18.0 Å². The molecule has 0 radical (unpaired) electrons. The maximum absolute atomic E-state index is 12.7. The van der Waals surface area contributed by atoms with Crippen LogP contribution in [0, 0.1) is 6.92 Å². The lowest BCUT2D eigenvalue weighted by molar-refractivity contribution is -0.151. The normalized spacial score (nSPS) is 16.0. The fourth-order valence-electron chi connectivity index (χ4n) is 3.65. The molecule has 0 atom stereocenters. The van der Waals surface area contributed by atoms with E-state index in [0.29, 0.717) is 31.7 Å². The lowest BCUT2D eigenvalue weighted by Gasteiger charge is -2.40. The summed E-state index contributed by atoms with van der Waals surface area (Å²) in [6.07, 6.45) is 1.18. The molecule has 0 aromatic heterocycles. The molecule has 0 unspecified atom stereocenters. The predicted molar refractivity (Wildman–Crippen MR) is 108 cm³/mol. The average molecular weight is 384 g/mol. The van der Waals surface area contributed by atoms with Crippen molar-refractivity contribution in [2.24, 2.45) is 0 Å². The minimum absolute atomic E-state index is 0.120. The molecule has 1 amide bonds. The molecule has 2 aromatic rings. The average Bonchev–Trinajstić information content (AvgIpc) is 2.73. The van der Waals surface area contributed by atoms with Crippen LogP contribution in [0.4, 0.5) is 0 Å². The van der Waals surface area contributed by atoms with Crippen molar-refractivity contribution in [2.75, 3.05) is 26.0 Å². The molecule has 0 bridgehead atoms. The molecule has 1 saturated heterocycles. The minimum Gasteiger partial charge on any atom is -0.468 e. The van der Waals surface area contributed by atoms with Crippen LogP contribution < -0.4 is 0 Å². The molecule has 4 nitrogen and oxygen atoms in total. The van der Waals surface area contributed by atoms with Crippen LogP contribution in [0.3, 0.4) is 0 Å². The van der Waals surface area contributed by atoms with Crippen LogP contribution in [0.2, 0.25) is 0 Å². The predicted octanol–water partition coefficient (Wildman–Crippen LogP) is 3.82. The van der Waals surface area contributed by atoms with Gasteiger partial charge in [-0.3, -0.25) is 9.59 Å². The van der Waals surface area contributed by atoms with Gasteiger partial charge in [0.25, 0.3) is 0 Å². The van der Waals surface area contributed by atoms with Crippen molar-refractivity contribution in [3.63, 3.8) is 0 Å². The fraction of sp³-hybridized carbons (Fsp3) is 0.364. The molecule has 0 saturated carbocycles. The molecule has 1 aliphatic rings. The number of hydrogen-bond acceptors (Lipinski definition) is 4. The van der Waals surface area contributed by atoms with Gasteiger partial charge < -0.3 is 9.64 Å². The van der Waals surface area contributed by atoms with Crippen LogP contribution in [0.15, 0.2) is 59.5 Å². The summed E-state index contributed by atoms with van der Waals surface area (Å²) < 4.78 is 5.12. The maximum Gasteiger partial charge on any atom is 0.316 e. The first kappa shape index (κ1) is 19.5. The number of nitrogens with zero attached hydrogens (tertiary/aromatic N) is 1. The van der Waals surface area contributed by atoms with Crippen molar-refractivity contribution in [3.05, 3.63) is 65.7 Å². The van der Waals surface area contributed by atoms with Crippen molar-refractivity contribution >= 4 is 23.6 Å². The molecule has 27 heavy (non-hydrogen) atoms. The van der Waals surface area contributed by atoms with Crippen molar-refractivity contribution in [3.8, 4) is 0 Å². The molecule has 3 rings (SSSR count). The highest BCUT2D eigenvalue weighted by Crippen LogP contribution is 2.37. The number of carbonyl (C=O) groups is 2. The molecule has 1 fully saturated rings. The zero-order valence-electron chi connectivity index (χ0n) is 15.8. The van der Waals surface area contributed by atoms with Gasteiger partial charge in [0.1, 0.15) is 0 Å². The van der Waals surface area contributed by atoms with Gasteiger partial charge in [-0.05, 0) is 37.0 Å². The Kier molecular flexibility index (Phi) is 6.22. The molecule has 0 spiro atoms. The highest BCUT2D eigenvalue weighted by Gasteiger charge is 2.44. The first-order chi connectivity index (χ1) is 13.1. The van der Waals surface area contributed by atoms with Crippen LogP contribution in [-0.4, -0.2) is 42.7 Å². The van der Waals surface area contributed by atoms with E-state index in [1.54, 1.807) is 11.8 Å². The monoisotopic (exact) mass is 383 g/mol. The van der Waals surface area contributed by atoms with E-state index in [1.165, 1.54) is 12.7 Å². The van der Waals surface area contributed by atoms with E-state index in [2.05, 4.69) is 13.0 Å². The number of amides is 1. The Hall–Kier alpha value is -2.27. The number of ether oxygens (including phenoxy) is 1. The molecule has 1 aliphatic heterocycles.